The second-order valence-electron chi connectivity index (χ2n) is 4.31. The van der Waals surface area contributed by atoms with Crippen LogP contribution < -0.4 is 10.0 Å². The van der Waals surface area contributed by atoms with Crippen molar-refractivity contribution in [1.29, 1.82) is 0 Å². The molecule has 2 N–H and O–H groups in total. The summed E-state index contributed by atoms with van der Waals surface area (Å²) in [6, 6.07) is 0. The number of hydrogen-bond acceptors (Lipinski definition) is 5. The molecule has 1 rings (SSSR count). The van der Waals surface area contributed by atoms with E-state index in [9.17, 15) is 8.42 Å². The molecular formula is C11H22N4O2S2. The first-order chi connectivity index (χ1) is 8.95. The summed E-state index contributed by atoms with van der Waals surface area (Å²) in [4.78, 5) is 4.30. The van der Waals surface area contributed by atoms with Gasteiger partial charge in [-0.25, -0.2) is 9.71 Å². The van der Waals surface area contributed by atoms with Crippen LogP contribution in [-0.4, -0.2) is 51.4 Å². The van der Waals surface area contributed by atoms with E-state index >= 15 is 0 Å². The lowest BCUT2D eigenvalue weighted by molar-refractivity contribution is 0.448. The van der Waals surface area contributed by atoms with Crippen molar-refractivity contribution in [2.75, 3.05) is 33.7 Å². The quantitative estimate of drug-likeness (QED) is 0.647. The Morgan fingerprint density at radius 3 is 2.74 bits per heavy atom. The molecule has 0 saturated carbocycles. The second kappa shape index (κ2) is 7.91. The third kappa shape index (κ3) is 5.96. The maximum atomic E-state index is 11.9. The molecule has 6 nitrogen and oxygen atoms in total. The highest BCUT2D eigenvalue weighted by atomic mass is 32.2. The Hall–Kier alpha value is -0.540. The average molecular weight is 306 g/mol. The lowest BCUT2D eigenvalue weighted by Gasteiger charge is -2.17. The molecule has 0 radical (unpaired) electrons. The Bertz CT molecular complexity index is 473. The van der Waals surface area contributed by atoms with Gasteiger partial charge in [0.2, 0.25) is 0 Å². The highest BCUT2D eigenvalue weighted by molar-refractivity contribution is 7.87. The van der Waals surface area contributed by atoms with Crippen LogP contribution in [0, 0.1) is 6.92 Å². The third-order valence-corrected chi connectivity index (χ3v) is 5.20. The van der Waals surface area contributed by atoms with Crippen LogP contribution in [0.2, 0.25) is 0 Å². The molecule has 0 aliphatic carbocycles. The highest BCUT2D eigenvalue weighted by Crippen LogP contribution is 2.08. The summed E-state index contributed by atoms with van der Waals surface area (Å²) in [5, 5.41) is 5.92. The predicted molar refractivity (Wildman–Crippen MR) is 78.7 cm³/mol. The van der Waals surface area contributed by atoms with Crippen molar-refractivity contribution in [2.24, 2.45) is 0 Å². The fourth-order valence-corrected chi connectivity index (χ4v) is 3.24. The Kier molecular flexibility index (Phi) is 6.87. The van der Waals surface area contributed by atoms with Gasteiger partial charge in [-0.05, 0) is 26.9 Å². The highest BCUT2D eigenvalue weighted by Gasteiger charge is 2.16. The molecule has 0 spiro atoms. The minimum Gasteiger partial charge on any atom is -0.320 e. The molecule has 0 aliphatic rings. The molecule has 1 heterocycles. The maximum Gasteiger partial charge on any atom is 0.279 e. The molecule has 0 amide bonds. The summed E-state index contributed by atoms with van der Waals surface area (Å²) in [6.45, 7) is 3.62. The van der Waals surface area contributed by atoms with Crippen LogP contribution in [0.4, 0.5) is 0 Å². The number of rotatable bonds is 9. The van der Waals surface area contributed by atoms with Crippen molar-refractivity contribution in [2.45, 2.75) is 19.8 Å². The normalized spacial score (nSPS) is 12.2. The molecule has 110 valence electrons. The molecule has 0 fully saturated rings. The van der Waals surface area contributed by atoms with Crippen molar-refractivity contribution < 1.29 is 8.42 Å². The molecule has 0 aliphatic heterocycles. The van der Waals surface area contributed by atoms with Crippen molar-refractivity contribution >= 4 is 21.5 Å². The Morgan fingerprint density at radius 2 is 2.16 bits per heavy atom. The Labute approximate surface area is 119 Å². The van der Waals surface area contributed by atoms with Crippen LogP contribution in [0.15, 0.2) is 5.38 Å². The number of nitrogens with one attached hydrogen (secondary N) is 2. The minimum absolute atomic E-state index is 0.381. The molecule has 0 unspecified atom stereocenters. The van der Waals surface area contributed by atoms with Crippen LogP contribution in [0.5, 0.6) is 0 Å². The summed E-state index contributed by atoms with van der Waals surface area (Å²) in [6.07, 6.45) is 1.42. The number of aromatic nitrogens is 1. The molecule has 0 bridgehead atoms. The monoisotopic (exact) mass is 306 g/mol. The van der Waals surface area contributed by atoms with Gasteiger partial charge >= 0.3 is 0 Å². The van der Waals surface area contributed by atoms with Gasteiger partial charge in [0.1, 0.15) is 0 Å². The van der Waals surface area contributed by atoms with Gasteiger partial charge in [-0.15, -0.1) is 11.3 Å². The zero-order chi connectivity index (χ0) is 14.3. The zero-order valence-corrected chi connectivity index (χ0v) is 13.3. The van der Waals surface area contributed by atoms with E-state index in [1.54, 1.807) is 18.4 Å². The van der Waals surface area contributed by atoms with E-state index in [-0.39, 0.29) is 0 Å². The SMILES string of the molecule is CNCCCN(C)S(=O)(=O)NCCc1nc(C)cs1. The predicted octanol–water partition coefficient (Wildman–Crippen LogP) is 0.370. The first-order valence-electron chi connectivity index (χ1n) is 6.22. The smallest absolute Gasteiger partial charge is 0.279 e. The van der Waals surface area contributed by atoms with Crippen LogP contribution >= 0.6 is 11.3 Å². The number of nitrogens with zero attached hydrogens (tertiary/aromatic N) is 2. The number of thiazole rings is 1. The summed E-state index contributed by atoms with van der Waals surface area (Å²) < 4.78 is 27.7. The first kappa shape index (κ1) is 16.5. The molecular weight excluding hydrogens is 284 g/mol. The van der Waals surface area contributed by atoms with Gasteiger partial charge in [0.15, 0.2) is 0 Å². The Balaban J connectivity index is 2.33. The average Bonchev–Trinajstić information content (AvgIpc) is 2.75. The van der Waals surface area contributed by atoms with Gasteiger partial charge < -0.3 is 5.32 Å². The molecule has 19 heavy (non-hydrogen) atoms. The third-order valence-electron chi connectivity index (χ3n) is 2.60. The number of aryl methyl sites for hydroxylation is 1. The van der Waals surface area contributed by atoms with Gasteiger partial charge in [-0.2, -0.15) is 12.7 Å². The van der Waals surface area contributed by atoms with Crippen molar-refractivity contribution in [1.82, 2.24) is 19.3 Å². The van der Waals surface area contributed by atoms with Crippen LogP contribution in [-0.2, 0) is 16.6 Å². The maximum absolute atomic E-state index is 11.9. The van der Waals surface area contributed by atoms with Crippen molar-refractivity contribution in [3.05, 3.63) is 16.1 Å². The van der Waals surface area contributed by atoms with Gasteiger partial charge in [-0.1, -0.05) is 0 Å². The summed E-state index contributed by atoms with van der Waals surface area (Å²) >= 11 is 1.56. The zero-order valence-electron chi connectivity index (χ0n) is 11.6. The molecule has 1 aromatic rings. The van der Waals surface area contributed by atoms with E-state index in [0.29, 0.717) is 19.5 Å². The van der Waals surface area contributed by atoms with E-state index < -0.39 is 10.2 Å². The second-order valence-corrected chi connectivity index (χ2v) is 7.12. The van der Waals surface area contributed by atoms with Crippen molar-refractivity contribution in [3.63, 3.8) is 0 Å². The topological polar surface area (TPSA) is 74.3 Å². The van der Waals surface area contributed by atoms with Gasteiger partial charge in [0.25, 0.3) is 10.2 Å². The lowest BCUT2D eigenvalue weighted by Crippen LogP contribution is -2.40. The largest absolute Gasteiger partial charge is 0.320 e. The van der Waals surface area contributed by atoms with Gasteiger partial charge in [-0.3, -0.25) is 0 Å². The summed E-state index contributed by atoms with van der Waals surface area (Å²) in [7, 11) is 0.0671. The van der Waals surface area contributed by atoms with E-state index in [0.717, 1.165) is 23.7 Å². The van der Waals surface area contributed by atoms with Crippen LogP contribution in [0.1, 0.15) is 17.1 Å². The van der Waals surface area contributed by atoms with E-state index in [2.05, 4.69) is 15.0 Å². The summed E-state index contributed by atoms with van der Waals surface area (Å²) in [5.74, 6) is 0. The van der Waals surface area contributed by atoms with E-state index in [1.165, 1.54) is 4.31 Å². The van der Waals surface area contributed by atoms with E-state index in [4.69, 9.17) is 0 Å². The van der Waals surface area contributed by atoms with Gasteiger partial charge in [0.05, 0.1) is 5.01 Å². The molecule has 0 aromatic carbocycles. The molecule has 0 saturated heterocycles. The molecule has 1 aromatic heterocycles. The Morgan fingerprint density at radius 1 is 1.42 bits per heavy atom. The van der Waals surface area contributed by atoms with E-state index in [1.807, 2.05) is 19.4 Å². The van der Waals surface area contributed by atoms with Crippen molar-refractivity contribution in [3.8, 4) is 0 Å². The fraction of sp³-hybridized carbons (Fsp3) is 0.727. The van der Waals surface area contributed by atoms with Crippen LogP contribution in [0.3, 0.4) is 0 Å². The number of hydrogen-bond donors (Lipinski definition) is 2. The standard InChI is InChI=1S/C11H22N4O2S2/c1-10-9-18-11(14-10)5-7-13-19(16,17)15(3)8-4-6-12-2/h9,12-13H,4-8H2,1-3H3. The molecule has 0 atom stereocenters. The summed E-state index contributed by atoms with van der Waals surface area (Å²) in [5.41, 5.74) is 0.979. The minimum atomic E-state index is -3.37. The lowest BCUT2D eigenvalue weighted by atomic mass is 10.4. The fourth-order valence-electron chi connectivity index (χ4n) is 1.51. The molecule has 8 heteroatoms. The first-order valence-corrected chi connectivity index (χ1v) is 8.54. The van der Waals surface area contributed by atoms with Gasteiger partial charge in [0, 0.05) is 37.6 Å². The van der Waals surface area contributed by atoms with Crippen LogP contribution in [0.25, 0.3) is 0 Å².